The van der Waals surface area contributed by atoms with E-state index in [4.69, 9.17) is 9.15 Å². The highest BCUT2D eigenvalue weighted by Gasteiger charge is 2.35. The van der Waals surface area contributed by atoms with E-state index >= 15 is 0 Å². The van der Waals surface area contributed by atoms with Gasteiger partial charge in [-0.05, 0) is 19.2 Å². The van der Waals surface area contributed by atoms with Crippen LogP contribution in [-0.2, 0) is 4.74 Å². The number of ketones is 1. The van der Waals surface area contributed by atoms with E-state index in [1.54, 1.807) is 25.2 Å². The van der Waals surface area contributed by atoms with E-state index in [2.05, 4.69) is 5.32 Å². The summed E-state index contributed by atoms with van der Waals surface area (Å²) in [4.78, 5) is 12.4. The van der Waals surface area contributed by atoms with Crippen molar-refractivity contribution in [2.24, 2.45) is 5.92 Å². The molecule has 1 aliphatic heterocycles. The van der Waals surface area contributed by atoms with E-state index < -0.39 is 5.82 Å². The maximum Gasteiger partial charge on any atom is 0.205 e. The first kappa shape index (κ1) is 12.3. The average Bonchev–Trinajstić information content (AvgIpc) is 3.04. The molecule has 1 aromatic carbocycles. The van der Waals surface area contributed by atoms with Crippen LogP contribution in [0, 0.1) is 11.7 Å². The standard InChI is InChI=1S/C14H14FNO3/c1-16-11-7-18-6-9(11)13(17)12-5-8-3-2-4-10(15)14(8)19-12/h2-5,9,11,16H,6-7H2,1H3. The average molecular weight is 263 g/mol. The molecule has 0 spiro atoms. The molecule has 0 amide bonds. The monoisotopic (exact) mass is 263 g/mol. The van der Waals surface area contributed by atoms with Gasteiger partial charge in [-0.15, -0.1) is 0 Å². The Labute approximate surface area is 109 Å². The summed E-state index contributed by atoms with van der Waals surface area (Å²) in [6, 6.07) is 6.20. The molecule has 100 valence electrons. The number of carbonyl (C=O) groups excluding carboxylic acids is 1. The molecule has 3 rings (SSSR count). The zero-order valence-corrected chi connectivity index (χ0v) is 10.5. The number of halogens is 1. The zero-order valence-electron chi connectivity index (χ0n) is 10.5. The minimum absolute atomic E-state index is 0.0226. The summed E-state index contributed by atoms with van der Waals surface area (Å²) in [5.41, 5.74) is 0.130. The lowest BCUT2D eigenvalue weighted by atomic mass is 9.97. The first-order chi connectivity index (χ1) is 9.20. The van der Waals surface area contributed by atoms with Crippen LogP contribution in [0.2, 0.25) is 0 Å². The lowest BCUT2D eigenvalue weighted by molar-refractivity contribution is 0.0866. The molecule has 1 saturated heterocycles. The summed E-state index contributed by atoms with van der Waals surface area (Å²) < 4.78 is 24.2. The topological polar surface area (TPSA) is 51.5 Å². The van der Waals surface area contributed by atoms with Crippen molar-refractivity contribution in [2.75, 3.05) is 20.3 Å². The molecular formula is C14H14FNO3. The van der Waals surface area contributed by atoms with Crippen molar-refractivity contribution in [1.82, 2.24) is 5.32 Å². The first-order valence-electron chi connectivity index (χ1n) is 6.18. The van der Waals surface area contributed by atoms with Crippen molar-refractivity contribution < 1.29 is 18.3 Å². The maximum absolute atomic E-state index is 13.5. The molecule has 0 saturated carbocycles. The van der Waals surface area contributed by atoms with Gasteiger partial charge in [0.1, 0.15) is 0 Å². The zero-order chi connectivity index (χ0) is 13.4. The summed E-state index contributed by atoms with van der Waals surface area (Å²) in [6.45, 7) is 0.866. The quantitative estimate of drug-likeness (QED) is 0.860. The maximum atomic E-state index is 13.5. The van der Waals surface area contributed by atoms with Gasteiger partial charge in [0, 0.05) is 11.4 Å². The van der Waals surface area contributed by atoms with Crippen LogP contribution in [0.5, 0.6) is 0 Å². The Kier molecular flexibility index (Phi) is 3.08. The fourth-order valence-corrected chi connectivity index (χ4v) is 2.43. The molecule has 1 fully saturated rings. The molecule has 0 radical (unpaired) electrons. The molecule has 4 nitrogen and oxygen atoms in total. The number of benzene rings is 1. The second kappa shape index (κ2) is 4.75. The van der Waals surface area contributed by atoms with Crippen molar-refractivity contribution in [2.45, 2.75) is 6.04 Å². The number of hydrogen-bond donors (Lipinski definition) is 1. The van der Waals surface area contributed by atoms with Crippen molar-refractivity contribution in [3.05, 3.63) is 35.8 Å². The summed E-state index contributed by atoms with van der Waals surface area (Å²) in [6.07, 6.45) is 0. The highest BCUT2D eigenvalue weighted by atomic mass is 19.1. The molecule has 2 unspecified atom stereocenters. The van der Waals surface area contributed by atoms with E-state index in [-0.39, 0.29) is 29.1 Å². The predicted molar refractivity (Wildman–Crippen MR) is 67.7 cm³/mol. The molecule has 19 heavy (non-hydrogen) atoms. The number of fused-ring (bicyclic) bond motifs is 1. The second-order valence-corrected chi connectivity index (χ2v) is 4.67. The number of para-hydroxylation sites is 1. The summed E-state index contributed by atoms with van der Waals surface area (Å²) >= 11 is 0. The lowest BCUT2D eigenvalue weighted by Crippen LogP contribution is -2.36. The number of nitrogens with one attached hydrogen (secondary N) is 1. The number of ether oxygens (including phenoxy) is 1. The molecule has 1 N–H and O–H groups in total. The second-order valence-electron chi connectivity index (χ2n) is 4.67. The molecule has 0 bridgehead atoms. The van der Waals surface area contributed by atoms with Gasteiger partial charge in [-0.3, -0.25) is 4.79 Å². The van der Waals surface area contributed by atoms with Crippen LogP contribution in [0.4, 0.5) is 4.39 Å². The Morgan fingerprint density at radius 2 is 2.26 bits per heavy atom. The normalized spacial score (nSPS) is 23.1. The summed E-state index contributed by atoms with van der Waals surface area (Å²) in [7, 11) is 1.79. The van der Waals surface area contributed by atoms with E-state index in [1.807, 2.05) is 0 Å². The van der Waals surface area contributed by atoms with Crippen molar-refractivity contribution in [3.63, 3.8) is 0 Å². The molecule has 0 aliphatic carbocycles. The highest BCUT2D eigenvalue weighted by molar-refractivity contribution is 5.99. The number of carbonyl (C=O) groups is 1. The Balaban J connectivity index is 1.95. The minimum Gasteiger partial charge on any atom is -0.450 e. The highest BCUT2D eigenvalue weighted by Crippen LogP contribution is 2.26. The van der Waals surface area contributed by atoms with Gasteiger partial charge < -0.3 is 14.5 Å². The minimum atomic E-state index is -0.454. The third-order valence-corrected chi connectivity index (χ3v) is 3.53. The van der Waals surface area contributed by atoms with Gasteiger partial charge in [0.15, 0.2) is 17.2 Å². The Bertz CT molecular complexity index is 622. The number of likely N-dealkylation sites (N-methyl/N-ethyl adjacent to an activating group) is 1. The van der Waals surface area contributed by atoms with E-state index in [9.17, 15) is 9.18 Å². The van der Waals surface area contributed by atoms with Crippen LogP contribution in [0.3, 0.4) is 0 Å². The van der Waals surface area contributed by atoms with Crippen molar-refractivity contribution in [3.8, 4) is 0 Å². The van der Waals surface area contributed by atoms with Crippen LogP contribution >= 0.6 is 0 Å². The molecule has 2 atom stereocenters. The third kappa shape index (κ3) is 2.05. The summed E-state index contributed by atoms with van der Waals surface area (Å²) in [5.74, 6) is -0.693. The SMILES string of the molecule is CNC1COCC1C(=O)c1cc2cccc(F)c2o1. The third-order valence-electron chi connectivity index (χ3n) is 3.53. The first-order valence-corrected chi connectivity index (χ1v) is 6.18. The fourth-order valence-electron chi connectivity index (χ4n) is 2.43. The van der Waals surface area contributed by atoms with E-state index in [0.717, 1.165) is 0 Å². The number of furan rings is 1. The molecule has 2 heterocycles. The molecule has 1 aliphatic rings. The van der Waals surface area contributed by atoms with Crippen molar-refractivity contribution >= 4 is 16.8 Å². The van der Waals surface area contributed by atoms with Crippen LogP contribution in [0.1, 0.15) is 10.6 Å². The predicted octanol–water partition coefficient (Wildman–Crippen LogP) is 1.99. The number of rotatable bonds is 3. The Morgan fingerprint density at radius 1 is 1.42 bits per heavy atom. The molecule has 5 heteroatoms. The van der Waals surface area contributed by atoms with Crippen LogP contribution in [0.25, 0.3) is 11.0 Å². The largest absolute Gasteiger partial charge is 0.450 e. The fraction of sp³-hybridized carbons (Fsp3) is 0.357. The van der Waals surface area contributed by atoms with Gasteiger partial charge >= 0.3 is 0 Å². The van der Waals surface area contributed by atoms with Gasteiger partial charge in [-0.25, -0.2) is 4.39 Å². The number of Topliss-reactive ketones (excluding diaryl/α,β-unsaturated/α-hetero) is 1. The van der Waals surface area contributed by atoms with Crippen LogP contribution in [-0.4, -0.2) is 32.1 Å². The van der Waals surface area contributed by atoms with Crippen LogP contribution < -0.4 is 5.32 Å². The molecule has 2 aromatic rings. The van der Waals surface area contributed by atoms with Crippen molar-refractivity contribution in [1.29, 1.82) is 0 Å². The lowest BCUT2D eigenvalue weighted by Gasteiger charge is -2.13. The van der Waals surface area contributed by atoms with Gasteiger partial charge in [0.05, 0.1) is 19.1 Å². The van der Waals surface area contributed by atoms with Gasteiger partial charge in [0.25, 0.3) is 0 Å². The molecule has 1 aromatic heterocycles. The Hall–Kier alpha value is -1.72. The number of hydrogen-bond acceptors (Lipinski definition) is 4. The smallest absolute Gasteiger partial charge is 0.205 e. The Morgan fingerprint density at radius 3 is 3.00 bits per heavy atom. The summed E-state index contributed by atoms with van der Waals surface area (Å²) in [5, 5.41) is 3.65. The molecular weight excluding hydrogens is 249 g/mol. The van der Waals surface area contributed by atoms with Gasteiger partial charge in [0.2, 0.25) is 5.78 Å². The van der Waals surface area contributed by atoms with E-state index in [0.29, 0.717) is 18.6 Å². The van der Waals surface area contributed by atoms with Gasteiger partial charge in [-0.1, -0.05) is 12.1 Å². The van der Waals surface area contributed by atoms with Crippen LogP contribution in [0.15, 0.2) is 28.7 Å². The van der Waals surface area contributed by atoms with E-state index in [1.165, 1.54) is 6.07 Å². The van der Waals surface area contributed by atoms with Gasteiger partial charge in [-0.2, -0.15) is 0 Å².